The topological polar surface area (TPSA) is 76.0 Å². The summed E-state index contributed by atoms with van der Waals surface area (Å²) >= 11 is 5.86. The maximum absolute atomic E-state index is 14.6. The highest BCUT2D eigenvalue weighted by molar-refractivity contribution is 6.30. The van der Waals surface area contributed by atoms with Crippen molar-refractivity contribution in [1.82, 2.24) is 0 Å². The van der Waals surface area contributed by atoms with Gasteiger partial charge in [-0.1, -0.05) is 29.8 Å². The smallest absolute Gasteiger partial charge is 0.335 e. The van der Waals surface area contributed by atoms with E-state index in [9.17, 15) is 19.1 Å². The van der Waals surface area contributed by atoms with Crippen molar-refractivity contribution in [1.29, 1.82) is 0 Å². The largest absolute Gasteiger partial charge is 0.494 e. The van der Waals surface area contributed by atoms with Crippen LogP contribution in [-0.4, -0.2) is 35.2 Å². The van der Waals surface area contributed by atoms with Gasteiger partial charge < -0.3 is 9.84 Å². The van der Waals surface area contributed by atoms with Crippen LogP contribution >= 0.6 is 11.6 Å². The van der Waals surface area contributed by atoms with Gasteiger partial charge in [0.05, 0.1) is 17.7 Å². The van der Waals surface area contributed by atoms with E-state index in [1.165, 1.54) is 24.4 Å². The molecule has 0 aliphatic carbocycles. The van der Waals surface area contributed by atoms with Crippen molar-refractivity contribution in [2.75, 3.05) is 6.61 Å². The fourth-order valence-electron chi connectivity index (χ4n) is 3.96. The summed E-state index contributed by atoms with van der Waals surface area (Å²) in [5, 5.41) is 9.54. The van der Waals surface area contributed by atoms with Gasteiger partial charge >= 0.3 is 5.97 Å². The van der Waals surface area contributed by atoms with Crippen LogP contribution in [0.2, 0.25) is 5.02 Å². The number of halogens is 2. The summed E-state index contributed by atoms with van der Waals surface area (Å²) in [7, 11) is 0. The number of ketones is 1. The summed E-state index contributed by atoms with van der Waals surface area (Å²) in [6.07, 6.45) is 4.96. The van der Waals surface area contributed by atoms with Crippen LogP contribution in [0.3, 0.4) is 0 Å². The number of benzene rings is 3. The van der Waals surface area contributed by atoms with E-state index in [-0.39, 0.29) is 22.6 Å². The van der Waals surface area contributed by atoms with Gasteiger partial charge in [-0.15, -0.1) is 0 Å². The number of carboxylic acid groups (broad SMARTS) is 1. The van der Waals surface area contributed by atoms with E-state index in [2.05, 4.69) is 4.99 Å². The summed E-state index contributed by atoms with van der Waals surface area (Å²) in [6, 6.07) is 16.0. The van der Waals surface area contributed by atoms with E-state index >= 15 is 0 Å². The highest BCUT2D eigenvalue weighted by atomic mass is 35.5. The van der Waals surface area contributed by atoms with Crippen LogP contribution < -0.4 is 4.74 Å². The number of hydrogen-bond donors (Lipinski definition) is 1. The lowest BCUT2D eigenvalue weighted by Gasteiger charge is -2.25. The van der Waals surface area contributed by atoms with E-state index in [4.69, 9.17) is 16.3 Å². The average molecular weight is 478 g/mol. The summed E-state index contributed by atoms with van der Waals surface area (Å²) in [6.45, 7) is 2.26. The van der Waals surface area contributed by atoms with Crippen molar-refractivity contribution in [2.45, 2.75) is 18.9 Å². The van der Waals surface area contributed by atoms with Gasteiger partial charge in [-0.3, -0.25) is 9.79 Å². The van der Waals surface area contributed by atoms with Crippen molar-refractivity contribution < 1.29 is 23.8 Å². The van der Waals surface area contributed by atoms with E-state index in [1.807, 2.05) is 25.1 Å². The third kappa shape index (κ3) is 4.63. The highest BCUT2D eigenvalue weighted by Gasteiger charge is 2.39. The molecule has 172 valence electrons. The SMILES string of the molecule is CCOc1ccc(-c2cccc(C(=O)O)c2)cc1CC1(C(=O)c2ccc(Cl)cc2F)C=CC=N1. The predicted octanol–water partition coefficient (Wildman–Crippen LogP) is 6.05. The Kier molecular flexibility index (Phi) is 6.61. The van der Waals surface area contributed by atoms with Crippen LogP contribution in [0, 0.1) is 5.82 Å². The standard InChI is InChI=1S/C27H21ClFNO4/c1-2-34-24-10-7-18(17-5-3-6-19(13-17)26(32)33)14-20(24)16-27(11-4-12-30-27)25(31)22-9-8-21(28)15-23(22)29/h3-15H,2,16H2,1H3,(H,32,33). The first-order valence-corrected chi connectivity index (χ1v) is 11.0. The number of nitrogens with zero attached hydrogens (tertiary/aromatic N) is 1. The third-order valence-electron chi connectivity index (χ3n) is 5.60. The number of aliphatic imine (C=N–C) groups is 1. The molecule has 0 radical (unpaired) electrons. The number of carbonyl (C=O) groups is 2. The third-order valence-corrected chi connectivity index (χ3v) is 5.83. The number of allylic oxidation sites excluding steroid dienone is 1. The molecular formula is C27H21ClFNO4. The Morgan fingerprint density at radius 2 is 1.88 bits per heavy atom. The van der Waals surface area contributed by atoms with Gasteiger partial charge in [0.1, 0.15) is 17.1 Å². The molecule has 5 nitrogen and oxygen atoms in total. The van der Waals surface area contributed by atoms with Gasteiger partial charge in [0, 0.05) is 17.7 Å². The number of carbonyl (C=O) groups excluding carboxylic acids is 1. The van der Waals surface area contributed by atoms with Gasteiger partial charge in [-0.2, -0.15) is 0 Å². The van der Waals surface area contributed by atoms with Crippen LogP contribution in [-0.2, 0) is 6.42 Å². The Morgan fingerprint density at radius 3 is 2.56 bits per heavy atom. The Hall–Kier alpha value is -3.77. The second kappa shape index (κ2) is 9.61. The molecule has 1 aliphatic heterocycles. The van der Waals surface area contributed by atoms with Crippen LogP contribution in [0.15, 0.2) is 77.8 Å². The van der Waals surface area contributed by atoms with E-state index < -0.39 is 23.1 Å². The molecule has 1 atom stereocenters. The lowest BCUT2D eigenvalue weighted by atomic mass is 9.83. The number of carboxylic acids is 1. The van der Waals surface area contributed by atoms with Crippen molar-refractivity contribution in [3.8, 4) is 16.9 Å². The molecule has 0 spiro atoms. The maximum Gasteiger partial charge on any atom is 0.335 e. The molecule has 3 aromatic rings. The van der Waals surface area contributed by atoms with Crippen LogP contribution in [0.5, 0.6) is 5.75 Å². The minimum atomic E-state index is -1.35. The quantitative estimate of drug-likeness (QED) is 0.401. The van der Waals surface area contributed by atoms with E-state index in [0.717, 1.165) is 11.6 Å². The van der Waals surface area contributed by atoms with Crippen LogP contribution in [0.4, 0.5) is 4.39 Å². The first-order chi connectivity index (χ1) is 16.3. The monoisotopic (exact) mass is 477 g/mol. The lowest BCUT2D eigenvalue weighted by Crippen LogP contribution is -2.36. The molecule has 0 amide bonds. The first-order valence-electron chi connectivity index (χ1n) is 10.7. The van der Waals surface area contributed by atoms with E-state index in [0.29, 0.717) is 23.5 Å². The fraction of sp³-hybridized carbons (Fsp3) is 0.148. The van der Waals surface area contributed by atoms with Crippen LogP contribution in [0.1, 0.15) is 33.2 Å². The minimum Gasteiger partial charge on any atom is -0.494 e. The van der Waals surface area contributed by atoms with Gasteiger partial charge in [0.2, 0.25) is 0 Å². The molecule has 1 aliphatic rings. The lowest BCUT2D eigenvalue weighted by molar-refractivity contribution is 0.0696. The molecule has 0 bridgehead atoms. The van der Waals surface area contributed by atoms with E-state index in [1.54, 1.807) is 30.4 Å². The molecule has 1 N–H and O–H groups in total. The number of ether oxygens (including phenoxy) is 1. The second-order valence-corrected chi connectivity index (χ2v) is 8.27. The number of hydrogen-bond acceptors (Lipinski definition) is 4. The Morgan fingerprint density at radius 1 is 1.09 bits per heavy atom. The number of aromatic carboxylic acids is 1. The molecule has 3 aromatic carbocycles. The summed E-state index contributed by atoms with van der Waals surface area (Å²) in [4.78, 5) is 29.3. The predicted molar refractivity (Wildman–Crippen MR) is 130 cm³/mol. The van der Waals surface area contributed by atoms with Crippen molar-refractivity contribution >= 4 is 29.6 Å². The number of rotatable bonds is 8. The Balaban J connectivity index is 1.77. The summed E-state index contributed by atoms with van der Waals surface area (Å²) < 4.78 is 20.4. The van der Waals surface area contributed by atoms with Crippen molar-refractivity contribution in [3.05, 3.63) is 100 Å². The van der Waals surface area contributed by atoms with Gasteiger partial charge in [-0.25, -0.2) is 9.18 Å². The molecule has 1 unspecified atom stereocenters. The molecule has 4 rings (SSSR count). The molecular weight excluding hydrogens is 457 g/mol. The normalized spacial score (nSPS) is 16.6. The molecule has 0 saturated carbocycles. The van der Waals surface area contributed by atoms with Crippen molar-refractivity contribution in [2.24, 2.45) is 4.99 Å². The average Bonchev–Trinajstić information content (AvgIpc) is 3.30. The fourth-order valence-corrected chi connectivity index (χ4v) is 4.12. The number of Topliss-reactive ketones (excluding diaryl/α,β-unsaturated/α-hetero) is 1. The van der Waals surface area contributed by atoms with Gasteiger partial charge in [0.15, 0.2) is 5.78 Å². The highest BCUT2D eigenvalue weighted by Crippen LogP contribution is 2.35. The minimum absolute atomic E-state index is 0.101. The zero-order chi connectivity index (χ0) is 24.3. The second-order valence-electron chi connectivity index (χ2n) is 7.83. The maximum atomic E-state index is 14.6. The zero-order valence-electron chi connectivity index (χ0n) is 18.3. The van der Waals surface area contributed by atoms with Gasteiger partial charge in [-0.05, 0) is 78.2 Å². The Bertz CT molecular complexity index is 1320. The molecule has 0 fully saturated rings. The van der Waals surface area contributed by atoms with Crippen molar-refractivity contribution in [3.63, 3.8) is 0 Å². The molecule has 1 heterocycles. The first kappa shape index (κ1) is 23.4. The molecule has 7 heteroatoms. The Labute approximate surface area is 201 Å². The molecule has 0 aromatic heterocycles. The molecule has 0 saturated heterocycles. The summed E-state index contributed by atoms with van der Waals surface area (Å²) in [5.41, 5.74) is 0.873. The van der Waals surface area contributed by atoms with Crippen LogP contribution in [0.25, 0.3) is 11.1 Å². The summed E-state index contributed by atoms with van der Waals surface area (Å²) in [5.74, 6) is -1.66. The van der Waals surface area contributed by atoms with Gasteiger partial charge in [0.25, 0.3) is 0 Å². The zero-order valence-corrected chi connectivity index (χ0v) is 19.1. The molecule has 34 heavy (non-hydrogen) atoms.